The Labute approximate surface area is 124 Å². The lowest BCUT2D eigenvalue weighted by molar-refractivity contribution is -0.120. The topological polar surface area (TPSA) is 63.2 Å². The van der Waals surface area contributed by atoms with Crippen LogP contribution in [0.1, 0.15) is 19.0 Å². The highest BCUT2D eigenvalue weighted by Crippen LogP contribution is 2.23. The third kappa shape index (κ3) is 4.16. The van der Waals surface area contributed by atoms with Crippen LogP contribution in [0, 0.1) is 0 Å². The van der Waals surface area contributed by atoms with Gasteiger partial charge in [-0.25, -0.2) is 4.98 Å². The highest BCUT2D eigenvalue weighted by Gasteiger charge is 2.04. The Morgan fingerprint density at radius 1 is 1.29 bits per heavy atom. The fraction of sp³-hybridized carbons (Fsp3) is 0.375. The van der Waals surface area contributed by atoms with Crippen LogP contribution in [0.5, 0.6) is 5.75 Å². The van der Waals surface area contributed by atoms with E-state index < -0.39 is 0 Å². The van der Waals surface area contributed by atoms with Crippen molar-refractivity contribution < 1.29 is 9.53 Å². The van der Waals surface area contributed by atoms with Gasteiger partial charge in [-0.15, -0.1) is 0 Å². The van der Waals surface area contributed by atoms with Crippen molar-refractivity contribution in [2.24, 2.45) is 0 Å². The van der Waals surface area contributed by atoms with Gasteiger partial charge in [-0.3, -0.25) is 4.79 Å². The van der Waals surface area contributed by atoms with E-state index in [1.807, 2.05) is 37.3 Å². The number of ether oxygens (including phenoxy) is 1. The SMILES string of the molecule is CCNC(=O)CCNCc1ccc2cccc(OC)c2n1. The predicted octanol–water partition coefficient (Wildman–Crippen LogP) is 1.86. The van der Waals surface area contributed by atoms with Crippen molar-refractivity contribution in [1.29, 1.82) is 0 Å². The summed E-state index contributed by atoms with van der Waals surface area (Å²) in [6.45, 7) is 3.85. The van der Waals surface area contributed by atoms with Crippen molar-refractivity contribution in [1.82, 2.24) is 15.6 Å². The number of methoxy groups -OCH3 is 1. The number of nitrogens with one attached hydrogen (secondary N) is 2. The molecule has 0 atom stereocenters. The van der Waals surface area contributed by atoms with Crippen LogP contribution in [-0.4, -0.2) is 31.1 Å². The van der Waals surface area contributed by atoms with Gasteiger partial charge < -0.3 is 15.4 Å². The largest absolute Gasteiger partial charge is 0.494 e. The van der Waals surface area contributed by atoms with E-state index in [-0.39, 0.29) is 5.91 Å². The van der Waals surface area contributed by atoms with Crippen LogP contribution >= 0.6 is 0 Å². The van der Waals surface area contributed by atoms with E-state index in [2.05, 4.69) is 15.6 Å². The van der Waals surface area contributed by atoms with Gasteiger partial charge in [0.1, 0.15) is 11.3 Å². The first kappa shape index (κ1) is 15.3. The van der Waals surface area contributed by atoms with E-state index in [1.165, 1.54) is 0 Å². The average molecular weight is 287 g/mol. The first-order valence-corrected chi connectivity index (χ1v) is 7.14. The molecule has 0 fully saturated rings. The van der Waals surface area contributed by atoms with Gasteiger partial charge in [0.2, 0.25) is 5.91 Å². The van der Waals surface area contributed by atoms with Gasteiger partial charge in [0.05, 0.1) is 12.8 Å². The Balaban J connectivity index is 1.95. The molecule has 2 N–H and O–H groups in total. The summed E-state index contributed by atoms with van der Waals surface area (Å²) >= 11 is 0. The minimum atomic E-state index is 0.0677. The average Bonchev–Trinajstić information content (AvgIpc) is 2.51. The van der Waals surface area contributed by atoms with E-state index in [4.69, 9.17) is 4.74 Å². The van der Waals surface area contributed by atoms with Gasteiger partial charge in [-0.1, -0.05) is 18.2 Å². The molecular formula is C16H21N3O2. The second-order valence-corrected chi connectivity index (χ2v) is 4.71. The second kappa shape index (κ2) is 7.59. The number of benzene rings is 1. The maximum absolute atomic E-state index is 11.3. The smallest absolute Gasteiger partial charge is 0.221 e. The van der Waals surface area contributed by atoms with E-state index in [0.717, 1.165) is 22.3 Å². The fourth-order valence-electron chi connectivity index (χ4n) is 2.13. The highest BCUT2D eigenvalue weighted by molar-refractivity contribution is 5.84. The fourth-order valence-corrected chi connectivity index (χ4v) is 2.13. The van der Waals surface area contributed by atoms with E-state index >= 15 is 0 Å². The van der Waals surface area contributed by atoms with E-state index in [9.17, 15) is 4.79 Å². The van der Waals surface area contributed by atoms with Crippen LogP contribution in [0.3, 0.4) is 0 Å². The number of carbonyl (C=O) groups excluding carboxylic acids is 1. The molecular weight excluding hydrogens is 266 g/mol. The number of fused-ring (bicyclic) bond motifs is 1. The zero-order valence-corrected chi connectivity index (χ0v) is 12.5. The molecule has 1 amide bonds. The van der Waals surface area contributed by atoms with Gasteiger partial charge in [0, 0.05) is 31.4 Å². The minimum Gasteiger partial charge on any atom is -0.494 e. The lowest BCUT2D eigenvalue weighted by Crippen LogP contribution is -2.27. The van der Waals surface area contributed by atoms with Crippen LogP contribution < -0.4 is 15.4 Å². The maximum Gasteiger partial charge on any atom is 0.221 e. The molecule has 1 heterocycles. The summed E-state index contributed by atoms with van der Waals surface area (Å²) in [5.41, 5.74) is 1.80. The number of nitrogens with zero attached hydrogens (tertiary/aromatic N) is 1. The molecule has 2 aromatic rings. The number of para-hydroxylation sites is 1. The molecule has 0 saturated carbocycles. The molecule has 0 saturated heterocycles. The molecule has 0 aliphatic rings. The summed E-state index contributed by atoms with van der Waals surface area (Å²) in [6, 6.07) is 9.89. The number of hydrogen-bond donors (Lipinski definition) is 2. The Bertz CT molecular complexity index is 613. The van der Waals surface area contributed by atoms with Crippen molar-refractivity contribution in [2.75, 3.05) is 20.2 Å². The lowest BCUT2D eigenvalue weighted by Gasteiger charge is -2.08. The number of aromatic nitrogens is 1. The van der Waals surface area contributed by atoms with Gasteiger partial charge in [-0.2, -0.15) is 0 Å². The maximum atomic E-state index is 11.3. The number of pyridine rings is 1. The predicted molar refractivity (Wildman–Crippen MR) is 83.3 cm³/mol. The molecule has 21 heavy (non-hydrogen) atoms. The Morgan fingerprint density at radius 2 is 2.14 bits per heavy atom. The van der Waals surface area contributed by atoms with Crippen LogP contribution in [0.15, 0.2) is 30.3 Å². The van der Waals surface area contributed by atoms with Crippen molar-refractivity contribution in [3.8, 4) is 5.75 Å². The first-order chi connectivity index (χ1) is 10.2. The molecule has 0 aliphatic heterocycles. The van der Waals surface area contributed by atoms with Crippen LogP contribution in [0.2, 0.25) is 0 Å². The third-order valence-electron chi connectivity index (χ3n) is 3.17. The Hall–Kier alpha value is -2.14. The van der Waals surface area contributed by atoms with Crippen molar-refractivity contribution >= 4 is 16.8 Å². The number of carbonyl (C=O) groups is 1. The Kier molecular flexibility index (Phi) is 5.51. The van der Waals surface area contributed by atoms with Crippen LogP contribution in [0.25, 0.3) is 10.9 Å². The molecule has 0 aliphatic carbocycles. The quantitative estimate of drug-likeness (QED) is 0.763. The second-order valence-electron chi connectivity index (χ2n) is 4.71. The van der Waals surface area contributed by atoms with Gasteiger partial charge >= 0.3 is 0 Å². The van der Waals surface area contributed by atoms with Gasteiger partial charge in [0.15, 0.2) is 0 Å². The molecule has 0 radical (unpaired) electrons. The van der Waals surface area contributed by atoms with E-state index in [1.54, 1.807) is 7.11 Å². The Morgan fingerprint density at radius 3 is 2.90 bits per heavy atom. The first-order valence-electron chi connectivity index (χ1n) is 7.14. The van der Waals surface area contributed by atoms with Crippen molar-refractivity contribution in [3.05, 3.63) is 36.0 Å². The third-order valence-corrected chi connectivity index (χ3v) is 3.17. The lowest BCUT2D eigenvalue weighted by atomic mass is 10.2. The minimum absolute atomic E-state index is 0.0677. The van der Waals surface area contributed by atoms with E-state index in [0.29, 0.717) is 26.1 Å². The van der Waals surface area contributed by atoms with Gasteiger partial charge in [-0.05, 0) is 19.1 Å². The van der Waals surface area contributed by atoms with Crippen molar-refractivity contribution in [3.63, 3.8) is 0 Å². The summed E-state index contributed by atoms with van der Waals surface area (Å²) in [5, 5.41) is 7.06. The molecule has 2 rings (SSSR count). The zero-order valence-electron chi connectivity index (χ0n) is 12.5. The summed E-state index contributed by atoms with van der Waals surface area (Å²) in [4.78, 5) is 15.9. The molecule has 5 heteroatoms. The zero-order chi connectivity index (χ0) is 15.1. The number of amides is 1. The molecule has 5 nitrogen and oxygen atoms in total. The molecule has 0 bridgehead atoms. The van der Waals surface area contributed by atoms with Crippen LogP contribution in [-0.2, 0) is 11.3 Å². The van der Waals surface area contributed by atoms with Gasteiger partial charge in [0.25, 0.3) is 0 Å². The molecule has 1 aromatic heterocycles. The summed E-state index contributed by atoms with van der Waals surface area (Å²) in [5.74, 6) is 0.842. The van der Waals surface area contributed by atoms with Crippen LogP contribution in [0.4, 0.5) is 0 Å². The standard InChI is InChI=1S/C16H21N3O2/c1-3-18-15(20)9-10-17-11-13-8-7-12-5-4-6-14(21-2)16(12)19-13/h4-8,17H,3,9-11H2,1-2H3,(H,18,20). The molecule has 112 valence electrons. The summed E-state index contributed by atoms with van der Waals surface area (Å²) < 4.78 is 5.33. The highest BCUT2D eigenvalue weighted by atomic mass is 16.5. The summed E-state index contributed by atoms with van der Waals surface area (Å²) in [6.07, 6.45) is 0.477. The molecule has 1 aromatic carbocycles. The molecule has 0 unspecified atom stereocenters. The van der Waals surface area contributed by atoms with Crippen molar-refractivity contribution in [2.45, 2.75) is 19.9 Å². The monoisotopic (exact) mass is 287 g/mol. The molecule has 0 spiro atoms. The number of rotatable bonds is 7. The number of hydrogen-bond acceptors (Lipinski definition) is 4. The normalized spacial score (nSPS) is 10.6. The summed E-state index contributed by atoms with van der Waals surface area (Å²) in [7, 11) is 1.65.